The molecular weight excluding hydrogens is 376 g/mol. The van der Waals surface area contributed by atoms with E-state index in [1.807, 2.05) is 18.4 Å². The summed E-state index contributed by atoms with van der Waals surface area (Å²) in [4.78, 5) is 29.8. The number of nitrogens with zero attached hydrogens (tertiary/aromatic N) is 2. The maximum atomic E-state index is 12.3. The van der Waals surface area contributed by atoms with Crippen LogP contribution in [0.15, 0.2) is 21.3 Å². The van der Waals surface area contributed by atoms with Gasteiger partial charge in [0.05, 0.1) is 4.88 Å². The SMILES string of the molecule is CCCN(CC(=O)O)C(=O)c1csc(-c2cc(Br)cs2)n1. The Kier molecular flexibility index (Phi) is 5.49. The third-order valence-electron chi connectivity index (χ3n) is 2.61. The standard InChI is InChI=1S/C13H13BrN2O3S2/c1-2-3-16(5-11(17)18)13(19)9-7-21-12(15-9)10-4-8(14)6-20-10/h4,6-7H,2-3,5H2,1H3,(H,17,18). The summed E-state index contributed by atoms with van der Waals surface area (Å²) >= 11 is 6.30. The number of carboxylic acids is 1. The van der Waals surface area contributed by atoms with Crippen LogP contribution in [0.3, 0.4) is 0 Å². The van der Waals surface area contributed by atoms with E-state index < -0.39 is 5.97 Å². The first kappa shape index (κ1) is 16.1. The average Bonchev–Trinajstić information content (AvgIpc) is 3.05. The maximum absolute atomic E-state index is 12.3. The van der Waals surface area contributed by atoms with Crippen LogP contribution in [0.4, 0.5) is 0 Å². The Morgan fingerprint density at radius 1 is 1.38 bits per heavy atom. The molecule has 0 radical (unpaired) electrons. The highest BCUT2D eigenvalue weighted by atomic mass is 79.9. The fourth-order valence-electron chi connectivity index (χ4n) is 1.76. The van der Waals surface area contributed by atoms with Crippen molar-refractivity contribution in [3.05, 3.63) is 27.0 Å². The van der Waals surface area contributed by atoms with Gasteiger partial charge in [0.15, 0.2) is 0 Å². The Hall–Kier alpha value is -1.25. The van der Waals surface area contributed by atoms with Gasteiger partial charge in [-0.1, -0.05) is 6.92 Å². The van der Waals surface area contributed by atoms with Gasteiger partial charge >= 0.3 is 5.97 Å². The van der Waals surface area contributed by atoms with E-state index >= 15 is 0 Å². The summed E-state index contributed by atoms with van der Waals surface area (Å²) in [7, 11) is 0. The van der Waals surface area contributed by atoms with Gasteiger partial charge in [0.1, 0.15) is 17.2 Å². The Bertz CT molecular complexity index is 653. The summed E-state index contributed by atoms with van der Waals surface area (Å²) in [5, 5.41) is 13.3. The summed E-state index contributed by atoms with van der Waals surface area (Å²) in [6.45, 7) is 2.00. The lowest BCUT2D eigenvalue weighted by Gasteiger charge is -2.18. The number of aromatic nitrogens is 1. The minimum absolute atomic E-state index is 0.300. The summed E-state index contributed by atoms with van der Waals surface area (Å²) in [6, 6.07) is 1.94. The number of carboxylic acid groups (broad SMARTS) is 1. The molecule has 112 valence electrons. The van der Waals surface area contributed by atoms with E-state index in [9.17, 15) is 9.59 Å². The molecule has 1 amide bonds. The van der Waals surface area contributed by atoms with Crippen molar-refractivity contribution in [3.8, 4) is 9.88 Å². The fraction of sp³-hybridized carbons (Fsp3) is 0.308. The number of halogens is 1. The number of rotatable bonds is 6. The molecule has 8 heteroatoms. The molecule has 0 aliphatic heterocycles. The third kappa shape index (κ3) is 4.12. The van der Waals surface area contributed by atoms with Crippen LogP contribution in [-0.4, -0.2) is 40.0 Å². The highest BCUT2D eigenvalue weighted by molar-refractivity contribution is 9.10. The molecule has 2 heterocycles. The van der Waals surface area contributed by atoms with Gasteiger partial charge in [0.2, 0.25) is 0 Å². The molecule has 2 aromatic rings. The second kappa shape index (κ2) is 7.15. The molecule has 2 aromatic heterocycles. The number of thiazole rings is 1. The van der Waals surface area contributed by atoms with E-state index in [-0.39, 0.29) is 12.5 Å². The zero-order valence-corrected chi connectivity index (χ0v) is 14.4. The topological polar surface area (TPSA) is 70.5 Å². The first-order chi connectivity index (χ1) is 10.0. The molecule has 0 bridgehead atoms. The Balaban J connectivity index is 2.18. The second-order valence-electron chi connectivity index (χ2n) is 4.29. The highest BCUT2D eigenvalue weighted by Gasteiger charge is 2.21. The van der Waals surface area contributed by atoms with Gasteiger partial charge in [-0.15, -0.1) is 22.7 Å². The molecule has 0 aliphatic rings. The van der Waals surface area contributed by atoms with Gasteiger partial charge in [-0.05, 0) is 28.4 Å². The highest BCUT2D eigenvalue weighted by Crippen LogP contribution is 2.32. The van der Waals surface area contributed by atoms with Crippen molar-refractivity contribution in [2.75, 3.05) is 13.1 Å². The zero-order valence-electron chi connectivity index (χ0n) is 11.2. The van der Waals surface area contributed by atoms with Crippen LogP contribution >= 0.6 is 38.6 Å². The molecule has 1 N–H and O–H groups in total. The third-order valence-corrected chi connectivity index (χ3v) is 5.31. The zero-order chi connectivity index (χ0) is 15.4. The van der Waals surface area contributed by atoms with E-state index in [1.165, 1.54) is 27.6 Å². The molecule has 0 unspecified atom stereocenters. The van der Waals surface area contributed by atoms with E-state index in [0.29, 0.717) is 18.7 Å². The van der Waals surface area contributed by atoms with Crippen LogP contribution in [0.25, 0.3) is 9.88 Å². The van der Waals surface area contributed by atoms with Gasteiger partial charge in [-0.2, -0.15) is 0 Å². The van der Waals surface area contributed by atoms with Gasteiger partial charge in [0.25, 0.3) is 5.91 Å². The first-order valence-electron chi connectivity index (χ1n) is 6.22. The molecule has 0 aliphatic carbocycles. The number of amides is 1. The van der Waals surface area contributed by atoms with Crippen LogP contribution < -0.4 is 0 Å². The van der Waals surface area contributed by atoms with Gasteiger partial charge in [-0.3, -0.25) is 9.59 Å². The van der Waals surface area contributed by atoms with Crippen molar-refractivity contribution >= 4 is 50.5 Å². The van der Waals surface area contributed by atoms with Crippen molar-refractivity contribution in [2.45, 2.75) is 13.3 Å². The number of hydrogen-bond donors (Lipinski definition) is 1. The Labute approximate surface area is 138 Å². The molecule has 2 rings (SSSR count). The number of aliphatic carboxylic acids is 1. The van der Waals surface area contributed by atoms with Crippen LogP contribution in [0.2, 0.25) is 0 Å². The molecule has 0 saturated heterocycles. The molecule has 0 fully saturated rings. The van der Waals surface area contributed by atoms with E-state index in [2.05, 4.69) is 20.9 Å². The van der Waals surface area contributed by atoms with Crippen molar-refractivity contribution < 1.29 is 14.7 Å². The van der Waals surface area contributed by atoms with Crippen molar-refractivity contribution in [1.29, 1.82) is 0 Å². The summed E-state index contributed by atoms with van der Waals surface area (Å²) in [5.41, 5.74) is 0.300. The molecular formula is C13H13BrN2O3S2. The number of carbonyl (C=O) groups is 2. The first-order valence-corrected chi connectivity index (χ1v) is 8.77. The quantitative estimate of drug-likeness (QED) is 0.820. The maximum Gasteiger partial charge on any atom is 0.323 e. The lowest BCUT2D eigenvalue weighted by Crippen LogP contribution is -2.36. The monoisotopic (exact) mass is 388 g/mol. The predicted octanol–water partition coefficient (Wildman–Crippen LogP) is 3.57. The minimum Gasteiger partial charge on any atom is -0.480 e. The number of hydrogen-bond acceptors (Lipinski definition) is 5. The summed E-state index contributed by atoms with van der Waals surface area (Å²) in [5.74, 6) is -1.35. The molecule has 21 heavy (non-hydrogen) atoms. The van der Waals surface area contributed by atoms with E-state index in [1.54, 1.807) is 5.38 Å². The van der Waals surface area contributed by atoms with E-state index in [0.717, 1.165) is 14.4 Å². The van der Waals surface area contributed by atoms with Crippen LogP contribution in [0, 0.1) is 0 Å². The van der Waals surface area contributed by atoms with Gasteiger partial charge in [0, 0.05) is 21.8 Å². The molecule has 0 atom stereocenters. The minimum atomic E-state index is -1.02. The van der Waals surface area contributed by atoms with Crippen molar-refractivity contribution in [3.63, 3.8) is 0 Å². The molecule has 0 aromatic carbocycles. The van der Waals surface area contributed by atoms with Crippen LogP contribution in [0.5, 0.6) is 0 Å². The van der Waals surface area contributed by atoms with Crippen molar-refractivity contribution in [2.24, 2.45) is 0 Å². The normalized spacial score (nSPS) is 10.6. The van der Waals surface area contributed by atoms with E-state index in [4.69, 9.17) is 5.11 Å². The smallest absolute Gasteiger partial charge is 0.323 e. The Morgan fingerprint density at radius 3 is 2.71 bits per heavy atom. The van der Waals surface area contributed by atoms with Crippen molar-refractivity contribution in [1.82, 2.24) is 9.88 Å². The number of thiophene rings is 1. The fourth-order valence-corrected chi connectivity index (χ4v) is 4.06. The van der Waals surface area contributed by atoms with Crippen LogP contribution in [0.1, 0.15) is 23.8 Å². The Morgan fingerprint density at radius 2 is 2.14 bits per heavy atom. The largest absolute Gasteiger partial charge is 0.480 e. The molecule has 0 spiro atoms. The van der Waals surface area contributed by atoms with Crippen LogP contribution in [-0.2, 0) is 4.79 Å². The number of carbonyl (C=O) groups excluding carboxylic acids is 1. The van der Waals surface area contributed by atoms with Gasteiger partial charge < -0.3 is 10.0 Å². The summed E-state index contributed by atoms with van der Waals surface area (Å²) in [6.07, 6.45) is 0.702. The molecule has 5 nitrogen and oxygen atoms in total. The average molecular weight is 389 g/mol. The predicted molar refractivity (Wildman–Crippen MR) is 87.0 cm³/mol. The lowest BCUT2D eigenvalue weighted by atomic mass is 10.3. The molecule has 0 saturated carbocycles. The second-order valence-corrected chi connectivity index (χ2v) is 6.97. The van der Waals surface area contributed by atoms with Gasteiger partial charge in [-0.25, -0.2) is 4.98 Å². The lowest BCUT2D eigenvalue weighted by molar-refractivity contribution is -0.137. The summed E-state index contributed by atoms with van der Waals surface area (Å²) < 4.78 is 0.976.